The molecule has 21 heavy (non-hydrogen) atoms. The molecule has 0 saturated carbocycles. The van der Waals surface area contributed by atoms with Crippen molar-refractivity contribution in [2.24, 2.45) is 4.99 Å². The van der Waals surface area contributed by atoms with E-state index in [9.17, 15) is 4.79 Å². The minimum Gasteiger partial charge on any atom is -0.307 e. The number of thiazole rings is 1. The van der Waals surface area contributed by atoms with Gasteiger partial charge in [-0.2, -0.15) is 0 Å². The van der Waals surface area contributed by atoms with E-state index in [2.05, 4.69) is 22.6 Å². The number of halogens is 4. The van der Waals surface area contributed by atoms with E-state index >= 15 is 0 Å². The third-order valence-electron chi connectivity index (χ3n) is 2.81. The van der Waals surface area contributed by atoms with Gasteiger partial charge in [-0.3, -0.25) is 10.2 Å². The van der Waals surface area contributed by atoms with Gasteiger partial charge in [0.1, 0.15) is 0 Å². The zero-order chi connectivity index (χ0) is 15.5. The van der Waals surface area contributed by atoms with Crippen LogP contribution in [0.2, 0.25) is 20.1 Å². The second-order valence-corrected chi connectivity index (χ2v) is 6.95. The molecular weight excluding hydrogens is 396 g/mol. The van der Waals surface area contributed by atoms with Gasteiger partial charge in [-0.05, 0) is 0 Å². The summed E-state index contributed by atoms with van der Waals surface area (Å²) in [5, 5.41) is 8.67. The summed E-state index contributed by atoms with van der Waals surface area (Å²) in [5.74, 6) is -0.0981. The number of benzene rings is 1. The van der Waals surface area contributed by atoms with Crippen LogP contribution in [0, 0.1) is 5.41 Å². The SMILES string of the molecule is N=C1N=C(c2sc(=O)[nH]c2S)c2c(Cl)c(Cl)c(Cl)c(Cl)c21. The summed E-state index contributed by atoms with van der Waals surface area (Å²) >= 11 is 29.5. The molecule has 0 unspecified atom stereocenters. The van der Waals surface area contributed by atoms with Crippen molar-refractivity contribution in [3.8, 4) is 0 Å². The molecule has 0 saturated heterocycles. The van der Waals surface area contributed by atoms with Gasteiger partial charge in [0, 0.05) is 11.1 Å². The first-order valence-corrected chi connectivity index (χ1v) is 8.06. The van der Waals surface area contributed by atoms with Crippen molar-refractivity contribution in [3.63, 3.8) is 0 Å². The van der Waals surface area contributed by atoms with Gasteiger partial charge in [-0.1, -0.05) is 57.7 Å². The molecule has 3 rings (SSSR count). The summed E-state index contributed by atoms with van der Waals surface area (Å²) in [5.41, 5.74) is 1.00. The maximum Gasteiger partial charge on any atom is 0.305 e. The van der Waals surface area contributed by atoms with Crippen LogP contribution in [0.3, 0.4) is 0 Å². The number of nitrogens with one attached hydrogen (secondary N) is 2. The highest BCUT2D eigenvalue weighted by Crippen LogP contribution is 2.45. The molecule has 108 valence electrons. The molecule has 0 amide bonds. The summed E-state index contributed by atoms with van der Waals surface area (Å²) in [7, 11) is 0. The first-order valence-electron chi connectivity index (χ1n) is 5.29. The molecule has 2 aromatic rings. The Labute approximate surface area is 147 Å². The summed E-state index contributed by atoms with van der Waals surface area (Å²) in [6, 6.07) is 0. The number of fused-ring (bicyclic) bond motifs is 1. The van der Waals surface area contributed by atoms with Crippen molar-refractivity contribution in [2.75, 3.05) is 0 Å². The number of hydrogen-bond acceptors (Lipinski definition) is 4. The molecule has 0 fully saturated rings. The third-order valence-corrected chi connectivity index (χ3v) is 5.99. The molecule has 0 atom stereocenters. The summed E-state index contributed by atoms with van der Waals surface area (Å²) < 4.78 is 0. The summed E-state index contributed by atoms with van der Waals surface area (Å²) in [6.07, 6.45) is 0. The number of aliphatic imine (C=N–C) groups is 1. The molecule has 1 aromatic heterocycles. The van der Waals surface area contributed by atoms with Crippen LogP contribution < -0.4 is 4.87 Å². The fourth-order valence-electron chi connectivity index (χ4n) is 1.94. The Kier molecular flexibility index (Phi) is 3.88. The lowest BCUT2D eigenvalue weighted by atomic mass is 10.0. The molecule has 4 nitrogen and oxygen atoms in total. The van der Waals surface area contributed by atoms with Crippen LogP contribution in [0.4, 0.5) is 0 Å². The van der Waals surface area contributed by atoms with Crippen molar-refractivity contribution in [3.05, 3.63) is 45.8 Å². The zero-order valence-electron chi connectivity index (χ0n) is 9.72. The highest BCUT2D eigenvalue weighted by molar-refractivity contribution is 7.80. The fraction of sp³-hybridized carbons (Fsp3) is 0. The van der Waals surface area contributed by atoms with Gasteiger partial charge in [-0.15, -0.1) is 12.6 Å². The Bertz CT molecular complexity index is 900. The molecule has 10 heteroatoms. The molecule has 0 aliphatic carbocycles. The first-order chi connectivity index (χ1) is 9.82. The molecule has 2 N–H and O–H groups in total. The van der Waals surface area contributed by atoms with E-state index in [0.717, 1.165) is 11.3 Å². The topological polar surface area (TPSA) is 69.1 Å². The van der Waals surface area contributed by atoms with Crippen LogP contribution in [-0.4, -0.2) is 16.5 Å². The lowest BCUT2D eigenvalue weighted by Gasteiger charge is -2.10. The monoisotopic (exact) mass is 397 g/mol. The van der Waals surface area contributed by atoms with Gasteiger partial charge in [0.2, 0.25) is 0 Å². The number of aromatic amines is 1. The minimum atomic E-state index is -0.292. The number of rotatable bonds is 1. The van der Waals surface area contributed by atoms with Gasteiger partial charge < -0.3 is 4.98 Å². The van der Waals surface area contributed by atoms with Crippen LogP contribution in [0.25, 0.3) is 0 Å². The Balaban J connectivity index is 2.38. The van der Waals surface area contributed by atoms with Crippen LogP contribution in [-0.2, 0) is 0 Å². The zero-order valence-corrected chi connectivity index (χ0v) is 14.5. The Morgan fingerprint density at radius 3 is 2.14 bits per heavy atom. The van der Waals surface area contributed by atoms with Gasteiger partial charge in [0.15, 0.2) is 5.84 Å². The van der Waals surface area contributed by atoms with Crippen LogP contribution in [0.15, 0.2) is 14.8 Å². The van der Waals surface area contributed by atoms with E-state index in [1.807, 2.05) is 0 Å². The molecule has 1 aliphatic rings. The summed E-state index contributed by atoms with van der Waals surface area (Å²) in [6.45, 7) is 0. The lowest BCUT2D eigenvalue weighted by molar-refractivity contribution is 1.16. The lowest BCUT2D eigenvalue weighted by Crippen LogP contribution is -2.02. The van der Waals surface area contributed by atoms with Crippen molar-refractivity contribution in [1.29, 1.82) is 5.41 Å². The average molecular weight is 399 g/mol. The first kappa shape index (κ1) is 15.4. The van der Waals surface area contributed by atoms with E-state index in [0.29, 0.717) is 26.7 Å². The number of aromatic nitrogens is 1. The Morgan fingerprint density at radius 1 is 1.05 bits per heavy atom. The molecular formula is C11H3Cl4N3OS2. The van der Waals surface area contributed by atoms with Crippen LogP contribution in [0.5, 0.6) is 0 Å². The quantitative estimate of drug-likeness (QED) is 0.369. The molecule has 0 bridgehead atoms. The number of amidine groups is 1. The number of nitrogens with zero attached hydrogens (tertiary/aromatic N) is 1. The largest absolute Gasteiger partial charge is 0.307 e. The molecule has 2 heterocycles. The van der Waals surface area contributed by atoms with Crippen molar-refractivity contribution >= 4 is 81.9 Å². The average Bonchev–Trinajstić information content (AvgIpc) is 2.93. The van der Waals surface area contributed by atoms with Gasteiger partial charge in [0.25, 0.3) is 0 Å². The smallest absolute Gasteiger partial charge is 0.305 e. The van der Waals surface area contributed by atoms with E-state index in [1.54, 1.807) is 0 Å². The van der Waals surface area contributed by atoms with Crippen LogP contribution >= 0.6 is 70.4 Å². The maximum atomic E-state index is 11.4. The van der Waals surface area contributed by atoms with Gasteiger partial charge >= 0.3 is 4.87 Å². The molecule has 0 spiro atoms. The number of thiol groups is 1. The van der Waals surface area contributed by atoms with Crippen molar-refractivity contribution in [1.82, 2.24) is 4.98 Å². The van der Waals surface area contributed by atoms with Crippen LogP contribution in [0.1, 0.15) is 16.0 Å². The maximum absolute atomic E-state index is 11.4. The molecule has 1 aromatic carbocycles. The number of hydrogen-bond donors (Lipinski definition) is 3. The third kappa shape index (κ3) is 2.25. The van der Waals surface area contributed by atoms with E-state index in [-0.39, 0.29) is 30.8 Å². The van der Waals surface area contributed by atoms with Gasteiger partial charge in [0.05, 0.1) is 35.7 Å². The van der Waals surface area contributed by atoms with Crippen molar-refractivity contribution < 1.29 is 0 Å². The highest BCUT2D eigenvalue weighted by Gasteiger charge is 2.32. The molecule has 1 aliphatic heterocycles. The second-order valence-electron chi connectivity index (χ2n) is 4.01. The predicted octanol–water partition coefficient (Wildman–Crippen LogP) is 4.52. The summed E-state index contributed by atoms with van der Waals surface area (Å²) in [4.78, 5) is 18.3. The normalized spacial score (nSPS) is 13.6. The Hall–Kier alpha value is -0.500. The number of H-pyrrole nitrogens is 1. The predicted molar refractivity (Wildman–Crippen MR) is 91.1 cm³/mol. The van der Waals surface area contributed by atoms with Crippen molar-refractivity contribution in [2.45, 2.75) is 5.03 Å². The minimum absolute atomic E-state index is 0.0663. The highest BCUT2D eigenvalue weighted by atomic mass is 35.5. The Morgan fingerprint density at radius 2 is 1.62 bits per heavy atom. The fourth-order valence-corrected chi connectivity index (χ4v) is 4.13. The standard InChI is InChI=1S/C11H3Cl4N3OS2/c12-3-1-2(4(13)6(15)5(3)14)9(16)17-7(1)8-10(20)18-11(19)21-8/h16,20H,(H,18,19). The van der Waals surface area contributed by atoms with E-state index in [1.165, 1.54) is 0 Å². The van der Waals surface area contributed by atoms with E-state index < -0.39 is 0 Å². The van der Waals surface area contributed by atoms with Gasteiger partial charge in [-0.25, -0.2) is 4.99 Å². The second kappa shape index (κ2) is 5.30. The van der Waals surface area contributed by atoms with E-state index in [4.69, 9.17) is 51.8 Å². The molecule has 0 radical (unpaired) electrons.